The van der Waals surface area contributed by atoms with Gasteiger partial charge in [0.05, 0.1) is 0 Å². The van der Waals surface area contributed by atoms with Crippen LogP contribution in [0.25, 0.3) is 0 Å². The Morgan fingerprint density at radius 3 is 2.82 bits per heavy atom. The van der Waals surface area contributed by atoms with Crippen molar-refractivity contribution in [3.63, 3.8) is 0 Å². The number of phenolic OH excluding ortho intramolecular Hbond substituents is 1. The molecule has 0 aliphatic carbocycles. The first kappa shape index (κ1) is 17.5. The molecular weight excluding hydrogens is 332 g/mol. The van der Waals surface area contributed by atoms with E-state index in [0.717, 1.165) is 16.3 Å². The maximum absolute atomic E-state index is 10.0. The highest BCUT2D eigenvalue weighted by Crippen LogP contribution is 2.29. The van der Waals surface area contributed by atoms with E-state index in [4.69, 9.17) is 12.2 Å². The van der Waals surface area contributed by atoms with Gasteiger partial charge in [0.15, 0.2) is 8.29 Å². The van der Waals surface area contributed by atoms with Crippen LogP contribution in [0.1, 0.15) is 50.2 Å². The molecule has 3 nitrogen and oxygen atoms in total. The first-order chi connectivity index (χ1) is 10.7. The fourth-order valence-electron chi connectivity index (χ4n) is 2.26. The second-order valence-electron chi connectivity index (χ2n) is 5.29. The lowest BCUT2D eigenvalue weighted by Gasteiger charge is -2.07. The minimum Gasteiger partial charge on any atom is -0.508 e. The fourth-order valence-corrected chi connectivity index (χ4v) is 4.32. The fraction of sp³-hybridized carbons (Fsp3) is 0.500. The monoisotopic (exact) mass is 354 g/mol. The molecule has 0 aliphatic heterocycles. The van der Waals surface area contributed by atoms with Crippen LogP contribution in [0.15, 0.2) is 22.5 Å². The van der Waals surface area contributed by atoms with Gasteiger partial charge in [0.1, 0.15) is 5.75 Å². The molecule has 2 N–H and O–H groups in total. The molecule has 0 saturated carbocycles. The number of nitrogens with zero attached hydrogens (tertiary/aromatic N) is 1. The molecule has 0 amide bonds. The van der Waals surface area contributed by atoms with Gasteiger partial charge in [-0.3, -0.25) is 5.10 Å². The van der Waals surface area contributed by atoms with Crippen LogP contribution in [0, 0.1) is 3.95 Å². The Bertz CT molecular complexity index is 636. The molecule has 0 aliphatic rings. The molecule has 0 saturated heterocycles. The number of unbranched alkanes of at least 4 members (excludes halogenated alkanes) is 4. The van der Waals surface area contributed by atoms with Gasteiger partial charge < -0.3 is 5.11 Å². The van der Waals surface area contributed by atoms with Gasteiger partial charge in [-0.1, -0.05) is 67.8 Å². The largest absolute Gasteiger partial charge is 0.508 e. The van der Waals surface area contributed by atoms with Crippen LogP contribution in [-0.4, -0.2) is 15.3 Å². The van der Waals surface area contributed by atoms with Crippen molar-refractivity contribution in [3.05, 3.63) is 33.3 Å². The summed E-state index contributed by atoms with van der Waals surface area (Å²) in [7, 11) is 0. The molecule has 0 bridgehead atoms. The lowest BCUT2D eigenvalue weighted by atomic mass is 10.0. The molecule has 0 unspecified atom stereocenters. The number of aromatic nitrogens is 2. The lowest BCUT2D eigenvalue weighted by Crippen LogP contribution is -1.90. The number of aromatic hydroxyl groups is 1. The third kappa shape index (κ3) is 5.74. The third-order valence-electron chi connectivity index (χ3n) is 3.48. The highest BCUT2D eigenvalue weighted by molar-refractivity contribution is 8.00. The van der Waals surface area contributed by atoms with Crippen molar-refractivity contribution in [3.8, 4) is 5.75 Å². The molecule has 120 valence electrons. The van der Waals surface area contributed by atoms with E-state index >= 15 is 0 Å². The first-order valence-electron chi connectivity index (χ1n) is 7.68. The molecule has 6 heteroatoms. The Morgan fingerprint density at radius 1 is 1.27 bits per heavy atom. The Morgan fingerprint density at radius 2 is 2.09 bits per heavy atom. The zero-order valence-corrected chi connectivity index (χ0v) is 15.3. The Balaban J connectivity index is 1.87. The van der Waals surface area contributed by atoms with Crippen molar-refractivity contribution in [1.82, 2.24) is 10.2 Å². The zero-order valence-electron chi connectivity index (χ0n) is 12.8. The summed E-state index contributed by atoms with van der Waals surface area (Å²) < 4.78 is 1.60. The average Bonchev–Trinajstić information content (AvgIpc) is 2.93. The number of nitrogens with one attached hydrogen (secondary N) is 1. The summed E-state index contributed by atoms with van der Waals surface area (Å²) in [5.74, 6) is 1.08. The minimum atomic E-state index is 0.362. The second kappa shape index (κ2) is 9.33. The number of phenols is 1. The number of thioether (sulfide) groups is 1. The van der Waals surface area contributed by atoms with Crippen LogP contribution in [0.3, 0.4) is 0 Å². The topological polar surface area (TPSA) is 48.9 Å². The van der Waals surface area contributed by atoms with E-state index in [9.17, 15) is 5.11 Å². The van der Waals surface area contributed by atoms with Gasteiger partial charge in [0.2, 0.25) is 0 Å². The predicted octanol–water partition coefficient (Wildman–Crippen LogP) is 5.71. The van der Waals surface area contributed by atoms with Gasteiger partial charge in [-0.25, -0.2) is 0 Å². The summed E-state index contributed by atoms with van der Waals surface area (Å²) in [6.07, 6.45) is 7.52. The van der Waals surface area contributed by atoms with Crippen molar-refractivity contribution >= 4 is 35.3 Å². The van der Waals surface area contributed by atoms with Crippen LogP contribution >= 0.6 is 35.3 Å². The zero-order chi connectivity index (χ0) is 15.8. The predicted molar refractivity (Wildman–Crippen MR) is 97.4 cm³/mol. The van der Waals surface area contributed by atoms with Gasteiger partial charge in [0, 0.05) is 11.3 Å². The Hall–Kier alpha value is -0.850. The SMILES string of the molecule is CCCCCCCc1ccc(O)c(CSc2n[nH]c(=S)s2)c1. The van der Waals surface area contributed by atoms with E-state index in [2.05, 4.69) is 23.2 Å². The molecule has 1 aromatic heterocycles. The minimum absolute atomic E-state index is 0.362. The molecule has 0 atom stereocenters. The summed E-state index contributed by atoms with van der Waals surface area (Å²) in [5, 5.41) is 16.9. The second-order valence-corrected chi connectivity index (χ2v) is 8.18. The summed E-state index contributed by atoms with van der Waals surface area (Å²) in [5.41, 5.74) is 2.27. The number of hydrogen-bond acceptors (Lipinski definition) is 5. The number of benzene rings is 1. The molecule has 0 spiro atoms. The Labute approximate surface area is 145 Å². The molecule has 0 radical (unpaired) electrons. The van der Waals surface area contributed by atoms with Gasteiger partial charge >= 0.3 is 0 Å². The number of rotatable bonds is 9. The molecule has 2 aromatic rings. The van der Waals surface area contributed by atoms with E-state index in [1.807, 2.05) is 12.1 Å². The lowest BCUT2D eigenvalue weighted by molar-refractivity contribution is 0.470. The summed E-state index contributed by atoms with van der Waals surface area (Å²) >= 11 is 8.10. The van der Waals surface area contributed by atoms with Crippen molar-refractivity contribution in [2.24, 2.45) is 0 Å². The number of hydrogen-bond donors (Lipinski definition) is 2. The molecule has 0 fully saturated rings. The van der Waals surface area contributed by atoms with E-state index in [0.29, 0.717) is 15.5 Å². The maximum atomic E-state index is 10.0. The van der Waals surface area contributed by atoms with Crippen molar-refractivity contribution < 1.29 is 5.11 Å². The quantitative estimate of drug-likeness (QED) is 0.344. The van der Waals surface area contributed by atoms with Crippen molar-refractivity contribution in [1.29, 1.82) is 0 Å². The van der Waals surface area contributed by atoms with E-state index in [1.54, 1.807) is 11.8 Å². The molecule has 1 aromatic carbocycles. The normalized spacial score (nSPS) is 11.0. The average molecular weight is 355 g/mol. The number of H-pyrrole nitrogens is 1. The summed E-state index contributed by atoms with van der Waals surface area (Å²) in [4.78, 5) is 0. The van der Waals surface area contributed by atoms with Crippen LogP contribution in [-0.2, 0) is 12.2 Å². The number of aromatic amines is 1. The maximum Gasteiger partial charge on any atom is 0.177 e. The van der Waals surface area contributed by atoms with Crippen LogP contribution < -0.4 is 0 Å². The molecule has 2 rings (SSSR count). The van der Waals surface area contributed by atoms with Crippen LogP contribution in [0.4, 0.5) is 0 Å². The summed E-state index contributed by atoms with van der Waals surface area (Å²) in [6, 6.07) is 5.96. The molecule has 1 heterocycles. The van der Waals surface area contributed by atoms with Crippen molar-refractivity contribution in [2.75, 3.05) is 0 Å². The van der Waals surface area contributed by atoms with Crippen LogP contribution in [0.5, 0.6) is 5.75 Å². The van der Waals surface area contributed by atoms with E-state index in [-0.39, 0.29) is 0 Å². The van der Waals surface area contributed by atoms with Crippen LogP contribution in [0.2, 0.25) is 0 Å². The third-order valence-corrected chi connectivity index (χ3v) is 5.76. The first-order valence-corrected chi connectivity index (χ1v) is 9.89. The molecule has 22 heavy (non-hydrogen) atoms. The Kier molecular flexibility index (Phi) is 7.42. The van der Waals surface area contributed by atoms with E-state index < -0.39 is 0 Å². The smallest absolute Gasteiger partial charge is 0.177 e. The standard InChI is InChI=1S/C16H22N2OS3/c1-2-3-4-5-6-7-12-8-9-14(19)13(10-12)11-21-16-18-17-15(20)22-16/h8-10,19H,2-7,11H2,1H3,(H,17,20). The van der Waals surface area contributed by atoms with Gasteiger partial charge in [-0.05, 0) is 36.7 Å². The van der Waals surface area contributed by atoms with E-state index in [1.165, 1.54) is 49.0 Å². The molecular formula is C16H22N2OS3. The highest BCUT2D eigenvalue weighted by atomic mass is 32.2. The van der Waals surface area contributed by atoms with Gasteiger partial charge in [-0.15, -0.1) is 0 Å². The van der Waals surface area contributed by atoms with Gasteiger partial charge in [0.25, 0.3) is 0 Å². The van der Waals surface area contributed by atoms with Crippen molar-refractivity contribution in [2.45, 2.75) is 55.5 Å². The summed E-state index contributed by atoms with van der Waals surface area (Å²) in [6.45, 7) is 2.24. The number of aryl methyl sites for hydroxylation is 1. The highest BCUT2D eigenvalue weighted by Gasteiger charge is 2.06. The van der Waals surface area contributed by atoms with Gasteiger partial charge in [-0.2, -0.15) is 5.10 Å².